The van der Waals surface area contributed by atoms with Crippen molar-refractivity contribution in [3.63, 3.8) is 0 Å². The van der Waals surface area contributed by atoms with Crippen LogP contribution in [0.1, 0.15) is 23.3 Å². The molecular formula is C10H16N2O2. The van der Waals surface area contributed by atoms with Crippen molar-refractivity contribution in [3.05, 3.63) is 35.4 Å². The minimum atomic E-state index is -0.640. The van der Waals surface area contributed by atoms with Crippen LogP contribution in [-0.4, -0.2) is 23.3 Å². The van der Waals surface area contributed by atoms with Gasteiger partial charge < -0.3 is 21.7 Å². The molecule has 4 heteroatoms. The average Bonchev–Trinajstić information content (AvgIpc) is 2.27. The second kappa shape index (κ2) is 5.07. The van der Waals surface area contributed by atoms with Crippen LogP contribution < -0.4 is 11.5 Å². The van der Waals surface area contributed by atoms with E-state index < -0.39 is 12.2 Å². The van der Waals surface area contributed by atoms with Crippen molar-refractivity contribution in [1.29, 1.82) is 0 Å². The summed E-state index contributed by atoms with van der Waals surface area (Å²) in [5, 5.41) is 18.8. The third-order valence-corrected chi connectivity index (χ3v) is 2.15. The molecule has 0 amide bonds. The molecule has 6 N–H and O–H groups in total. The van der Waals surface area contributed by atoms with Crippen LogP contribution in [-0.2, 0) is 0 Å². The summed E-state index contributed by atoms with van der Waals surface area (Å²) >= 11 is 0. The van der Waals surface area contributed by atoms with Crippen molar-refractivity contribution in [2.75, 3.05) is 13.1 Å². The van der Waals surface area contributed by atoms with E-state index in [4.69, 9.17) is 11.5 Å². The Morgan fingerprint density at radius 2 is 1.14 bits per heavy atom. The summed E-state index contributed by atoms with van der Waals surface area (Å²) in [7, 11) is 0. The molecular weight excluding hydrogens is 180 g/mol. The Morgan fingerprint density at radius 3 is 1.36 bits per heavy atom. The molecule has 1 rings (SSSR count). The van der Waals surface area contributed by atoms with Crippen LogP contribution in [0.2, 0.25) is 0 Å². The highest BCUT2D eigenvalue weighted by atomic mass is 16.3. The first-order valence-electron chi connectivity index (χ1n) is 4.55. The van der Waals surface area contributed by atoms with E-state index in [2.05, 4.69) is 0 Å². The van der Waals surface area contributed by atoms with Gasteiger partial charge in [-0.3, -0.25) is 0 Å². The van der Waals surface area contributed by atoms with Gasteiger partial charge in [0.05, 0.1) is 12.2 Å². The number of rotatable bonds is 4. The first-order valence-corrected chi connectivity index (χ1v) is 4.55. The third kappa shape index (κ3) is 2.52. The molecule has 0 aliphatic carbocycles. The lowest BCUT2D eigenvalue weighted by atomic mass is 10.0. The Hall–Kier alpha value is -0.940. The molecule has 2 unspecified atom stereocenters. The lowest BCUT2D eigenvalue weighted by Gasteiger charge is -2.11. The number of benzene rings is 1. The molecule has 78 valence electrons. The van der Waals surface area contributed by atoms with Gasteiger partial charge in [0, 0.05) is 13.1 Å². The van der Waals surface area contributed by atoms with Gasteiger partial charge in [-0.1, -0.05) is 24.3 Å². The molecule has 0 saturated heterocycles. The second-order valence-corrected chi connectivity index (χ2v) is 3.17. The second-order valence-electron chi connectivity index (χ2n) is 3.17. The smallest absolute Gasteiger partial charge is 0.0912 e. The Bertz CT molecular complexity index is 245. The fraction of sp³-hybridized carbons (Fsp3) is 0.400. The Kier molecular flexibility index (Phi) is 4.03. The number of aliphatic hydroxyl groups is 2. The number of aliphatic hydroxyl groups excluding tert-OH is 2. The van der Waals surface area contributed by atoms with Gasteiger partial charge >= 0.3 is 0 Å². The van der Waals surface area contributed by atoms with E-state index in [1.165, 1.54) is 0 Å². The van der Waals surface area contributed by atoms with Crippen molar-refractivity contribution >= 4 is 0 Å². The molecule has 0 spiro atoms. The standard InChI is InChI=1S/C10H16N2O2/c11-5-9(13)7-1-2-8(4-3-7)10(14)6-12/h1-4,9-10,13-14H,5-6,11-12H2. The highest BCUT2D eigenvalue weighted by molar-refractivity contribution is 5.25. The van der Waals surface area contributed by atoms with E-state index in [-0.39, 0.29) is 13.1 Å². The molecule has 0 saturated carbocycles. The maximum absolute atomic E-state index is 9.40. The lowest BCUT2D eigenvalue weighted by molar-refractivity contribution is 0.183. The molecule has 0 aliphatic heterocycles. The number of hydrogen-bond acceptors (Lipinski definition) is 4. The summed E-state index contributed by atoms with van der Waals surface area (Å²) in [4.78, 5) is 0. The Balaban J connectivity index is 2.78. The van der Waals surface area contributed by atoms with Gasteiger partial charge in [0.1, 0.15) is 0 Å². The molecule has 2 atom stereocenters. The van der Waals surface area contributed by atoms with Gasteiger partial charge in [0.15, 0.2) is 0 Å². The first-order chi connectivity index (χ1) is 6.69. The van der Waals surface area contributed by atoms with Gasteiger partial charge in [-0.05, 0) is 11.1 Å². The van der Waals surface area contributed by atoms with Crippen molar-refractivity contribution in [2.45, 2.75) is 12.2 Å². The van der Waals surface area contributed by atoms with E-state index in [9.17, 15) is 10.2 Å². The van der Waals surface area contributed by atoms with E-state index >= 15 is 0 Å². The van der Waals surface area contributed by atoms with Gasteiger partial charge in [-0.2, -0.15) is 0 Å². The van der Waals surface area contributed by atoms with Crippen molar-refractivity contribution in [3.8, 4) is 0 Å². The minimum Gasteiger partial charge on any atom is -0.387 e. The monoisotopic (exact) mass is 196 g/mol. The van der Waals surface area contributed by atoms with Crippen LogP contribution in [0.15, 0.2) is 24.3 Å². The molecule has 0 aromatic heterocycles. The van der Waals surface area contributed by atoms with Gasteiger partial charge in [0.25, 0.3) is 0 Å². The van der Waals surface area contributed by atoms with Crippen molar-refractivity contribution < 1.29 is 10.2 Å². The topological polar surface area (TPSA) is 92.5 Å². The molecule has 0 bridgehead atoms. The van der Waals surface area contributed by atoms with E-state index in [0.29, 0.717) is 0 Å². The number of hydrogen-bond donors (Lipinski definition) is 4. The fourth-order valence-corrected chi connectivity index (χ4v) is 1.21. The quantitative estimate of drug-likeness (QED) is 0.530. The SMILES string of the molecule is NCC(O)c1ccc(C(O)CN)cc1. The zero-order valence-electron chi connectivity index (χ0n) is 7.93. The lowest BCUT2D eigenvalue weighted by Crippen LogP contribution is -2.13. The molecule has 0 fully saturated rings. The van der Waals surface area contributed by atoms with Crippen molar-refractivity contribution in [2.24, 2.45) is 11.5 Å². The summed E-state index contributed by atoms with van der Waals surface area (Å²) in [5.41, 5.74) is 12.1. The zero-order chi connectivity index (χ0) is 10.6. The van der Waals surface area contributed by atoms with Crippen LogP contribution in [0.3, 0.4) is 0 Å². The largest absolute Gasteiger partial charge is 0.387 e. The Labute approximate surface area is 83.2 Å². The molecule has 1 aromatic carbocycles. The summed E-state index contributed by atoms with van der Waals surface area (Å²) in [6.45, 7) is 0.386. The summed E-state index contributed by atoms with van der Waals surface area (Å²) in [5.74, 6) is 0. The molecule has 14 heavy (non-hydrogen) atoms. The summed E-state index contributed by atoms with van der Waals surface area (Å²) < 4.78 is 0. The van der Waals surface area contributed by atoms with E-state index in [0.717, 1.165) is 11.1 Å². The van der Waals surface area contributed by atoms with Crippen molar-refractivity contribution in [1.82, 2.24) is 0 Å². The minimum absolute atomic E-state index is 0.193. The molecule has 0 aliphatic rings. The Morgan fingerprint density at radius 1 is 0.857 bits per heavy atom. The van der Waals surface area contributed by atoms with Gasteiger partial charge in [-0.25, -0.2) is 0 Å². The van der Waals surface area contributed by atoms with Crippen LogP contribution in [0.5, 0.6) is 0 Å². The van der Waals surface area contributed by atoms with Gasteiger partial charge in [-0.15, -0.1) is 0 Å². The fourth-order valence-electron chi connectivity index (χ4n) is 1.21. The first kappa shape index (κ1) is 11.1. The number of nitrogens with two attached hydrogens (primary N) is 2. The summed E-state index contributed by atoms with van der Waals surface area (Å²) in [6.07, 6.45) is -1.28. The molecule has 0 radical (unpaired) electrons. The third-order valence-electron chi connectivity index (χ3n) is 2.15. The maximum atomic E-state index is 9.40. The normalized spacial score (nSPS) is 15.1. The van der Waals surface area contributed by atoms with Crippen LogP contribution >= 0.6 is 0 Å². The average molecular weight is 196 g/mol. The maximum Gasteiger partial charge on any atom is 0.0912 e. The zero-order valence-corrected chi connectivity index (χ0v) is 7.93. The predicted octanol–water partition coefficient (Wildman–Crippen LogP) is -0.329. The predicted molar refractivity (Wildman–Crippen MR) is 54.5 cm³/mol. The van der Waals surface area contributed by atoms with Gasteiger partial charge in [0.2, 0.25) is 0 Å². The van der Waals surface area contributed by atoms with E-state index in [1.807, 2.05) is 0 Å². The molecule has 4 nitrogen and oxygen atoms in total. The van der Waals surface area contributed by atoms with Crippen LogP contribution in [0.25, 0.3) is 0 Å². The van der Waals surface area contributed by atoms with E-state index in [1.54, 1.807) is 24.3 Å². The highest BCUT2D eigenvalue weighted by Gasteiger charge is 2.07. The van der Waals surface area contributed by atoms with Crippen LogP contribution in [0.4, 0.5) is 0 Å². The highest BCUT2D eigenvalue weighted by Crippen LogP contribution is 2.16. The van der Waals surface area contributed by atoms with Crippen LogP contribution in [0, 0.1) is 0 Å². The summed E-state index contributed by atoms with van der Waals surface area (Å²) in [6, 6.07) is 6.97. The molecule has 1 aromatic rings. The molecule has 0 heterocycles.